The van der Waals surface area contributed by atoms with Crippen LogP contribution in [-0.4, -0.2) is 29.0 Å². The van der Waals surface area contributed by atoms with Crippen molar-refractivity contribution >= 4 is 29.0 Å². The summed E-state index contributed by atoms with van der Waals surface area (Å²) in [5.74, 6) is -0.599. The Labute approximate surface area is 158 Å². The Morgan fingerprint density at radius 3 is 2.93 bits per heavy atom. The van der Waals surface area contributed by atoms with E-state index < -0.39 is 12.1 Å². The Morgan fingerprint density at radius 2 is 2.14 bits per heavy atom. The smallest absolute Gasteiger partial charge is 0.340 e. The minimum absolute atomic E-state index is 0.160. The molecule has 1 aromatic carbocycles. The van der Waals surface area contributed by atoms with Gasteiger partial charge in [-0.2, -0.15) is 0 Å². The molecule has 0 saturated carbocycles. The molecule has 2 aliphatic heterocycles. The first-order valence-electron chi connectivity index (χ1n) is 8.72. The molecule has 3 aromatic rings. The lowest BCUT2D eigenvalue weighted by molar-refractivity contribution is -0.159. The third kappa shape index (κ3) is 2.15. The number of cyclic esters (lactones) is 1. The van der Waals surface area contributed by atoms with Gasteiger partial charge >= 0.3 is 5.97 Å². The highest BCUT2D eigenvalue weighted by Crippen LogP contribution is 2.42. The number of nitrogens with one attached hydrogen (secondary N) is 1. The van der Waals surface area contributed by atoms with E-state index in [1.165, 1.54) is 7.11 Å². The number of nitrogens with zero attached hydrogens (tertiary/aromatic N) is 2. The lowest BCUT2D eigenvalue weighted by atomic mass is 9.97. The van der Waals surface area contributed by atoms with Crippen molar-refractivity contribution in [3.8, 4) is 11.4 Å². The predicted molar refractivity (Wildman–Crippen MR) is 99.8 cm³/mol. The maximum atomic E-state index is 13.2. The second kappa shape index (κ2) is 6.00. The van der Waals surface area contributed by atoms with Crippen LogP contribution in [-0.2, 0) is 32.2 Å². The van der Waals surface area contributed by atoms with Crippen molar-refractivity contribution < 1.29 is 19.1 Å². The topological polar surface area (TPSA) is 99.5 Å². The van der Waals surface area contributed by atoms with Gasteiger partial charge in [0.1, 0.15) is 6.61 Å². The summed E-state index contributed by atoms with van der Waals surface area (Å²) >= 11 is 0. The van der Waals surface area contributed by atoms with Crippen LogP contribution in [0, 0.1) is 0 Å². The maximum Gasteiger partial charge on any atom is 0.340 e. The van der Waals surface area contributed by atoms with Crippen molar-refractivity contribution in [3.05, 3.63) is 57.4 Å². The molecular weight excluding hydrogens is 362 g/mol. The van der Waals surface area contributed by atoms with Gasteiger partial charge < -0.3 is 19.4 Å². The third-order valence-corrected chi connectivity index (χ3v) is 5.23. The zero-order valence-electron chi connectivity index (χ0n) is 14.9. The van der Waals surface area contributed by atoms with E-state index in [-0.39, 0.29) is 12.2 Å². The SMILES string of the molecule is COC1C(=O)OCc2c1c(NC=O)c1n(c2=O)Cc2cc3ccccc3nc2-1. The Kier molecular flexibility index (Phi) is 3.56. The van der Waals surface area contributed by atoms with Gasteiger partial charge in [-0.1, -0.05) is 18.2 Å². The molecule has 1 unspecified atom stereocenters. The van der Waals surface area contributed by atoms with E-state index in [1.807, 2.05) is 30.3 Å². The largest absolute Gasteiger partial charge is 0.458 e. The Balaban J connectivity index is 1.87. The first kappa shape index (κ1) is 16.6. The molecule has 1 atom stereocenters. The number of anilines is 1. The highest BCUT2D eigenvalue weighted by molar-refractivity contribution is 5.93. The molecule has 0 bridgehead atoms. The van der Waals surface area contributed by atoms with Crippen LogP contribution in [0.4, 0.5) is 5.69 Å². The summed E-state index contributed by atoms with van der Waals surface area (Å²) in [5, 5.41) is 3.63. The lowest BCUT2D eigenvalue weighted by Gasteiger charge is -2.27. The van der Waals surface area contributed by atoms with Crippen LogP contribution in [0.5, 0.6) is 0 Å². The molecule has 0 saturated heterocycles. The van der Waals surface area contributed by atoms with Crippen molar-refractivity contribution in [1.82, 2.24) is 9.55 Å². The summed E-state index contributed by atoms with van der Waals surface area (Å²) in [4.78, 5) is 41.4. The lowest BCUT2D eigenvalue weighted by Crippen LogP contribution is -2.34. The summed E-state index contributed by atoms with van der Waals surface area (Å²) in [6.07, 6.45) is -0.568. The van der Waals surface area contributed by atoms with Crippen molar-refractivity contribution in [1.29, 1.82) is 0 Å². The summed E-state index contributed by atoms with van der Waals surface area (Å²) < 4.78 is 12.0. The molecule has 5 rings (SSSR count). The quantitative estimate of drug-likeness (QED) is 0.431. The summed E-state index contributed by atoms with van der Waals surface area (Å²) in [5.41, 5.74) is 3.45. The van der Waals surface area contributed by atoms with E-state index in [9.17, 15) is 14.4 Å². The fourth-order valence-corrected chi connectivity index (χ4v) is 4.03. The molecule has 8 nitrogen and oxygen atoms in total. The van der Waals surface area contributed by atoms with Crippen molar-refractivity contribution in [2.75, 3.05) is 12.4 Å². The van der Waals surface area contributed by atoms with Crippen LogP contribution in [0.15, 0.2) is 35.1 Å². The number of carbonyl (C=O) groups is 2. The fraction of sp³-hybridized carbons (Fsp3) is 0.200. The fourth-order valence-electron chi connectivity index (χ4n) is 4.03. The van der Waals surface area contributed by atoms with Crippen molar-refractivity contribution in [3.63, 3.8) is 0 Å². The average molecular weight is 377 g/mol. The molecule has 0 fully saturated rings. The van der Waals surface area contributed by atoms with Gasteiger partial charge in [-0.3, -0.25) is 9.59 Å². The molecule has 2 aliphatic rings. The Hall–Kier alpha value is -3.52. The molecule has 1 amide bonds. The molecular formula is C20H15N3O5. The van der Waals surface area contributed by atoms with Crippen LogP contribution < -0.4 is 10.9 Å². The van der Waals surface area contributed by atoms with E-state index in [0.717, 1.165) is 16.5 Å². The van der Waals surface area contributed by atoms with Crippen LogP contribution in [0.1, 0.15) is 22.8 Å². The molecule has 28 heavy (non-hydrogen) atoms. The van der Waals surface area contributed by atoms with Crippen molar-refractivity contribution in [2.24, 2.45) is 0 Å². The maximum absolute atomic E-state index is 13.2. The van der Waals surface area contributed by atoms with E-state index in [2.05, 4.69) is 5.32 Å². The van der Waals surface area contributed by atoms with Gasteiger partial charge in [0.15, 0.2) is 6.10 Å². The van der Waals surface area contributed by atoms with Gasteiger partial charge in [-0.25, -0.2) is 9.78 Å². The average Bonchev–Trinajstić information content (AvgIpc) is 3.07. The Bertz CT molecular complexity index is 1230. The zero-order valence-corrected chi connectivity index (χ0v) is 14.9. The molecule has 0 spiro atoms. The standard InChI is InChI=1S/C20H15N3O5/c1-27-18-14-12(8-28-20(18)26)19(25)23-7-11-6-10-4-2-3-5-13(10)22-15(11)17(23)16(14)21-9-24/h2-6,9,18H,7-8H2,1H3,(H,21,24). The molecule has 2 aromatic heterocycles. The van der Waals surface area contributed by atoms with Gasteiger partial charge in [0.2, 0.25) is 6.41 Å². The van der Waals surface area contributed by atoms with Gasteiger partial charge in [0, 0.05) is 23.6 Å². The number of hydrogen-bond donors (Lipinski definition) is 1. The van der Waals surface area contributed by atoms with Gasteiger partial charge in [-0.05, 0) is 12.1 Å². The minimum atomic E-state index is -1.09. The molecule has 0 radical (unpaired) electrons. The Morgan fingerprint density at radius 1 is 1.32 bits per heavy atom. The van der Waals surface area contributed by atoms with E-state index >= 15 is 0 Å². The first-order chi connectivity index (χ1) is 13.6. The number of hydrogen-bond acceptors (Lipinski definition) is 6. The molecule has 140 valence electrons. The van der Waals surface area contributed by atoms with Gasteiger partial charge in [-0.15, -0.1) is 0 Å². The first-order valence-corrected chi connectivity index (χ1v) is 8.72. The van der Waals surface area contributed by atoms with Gasteiger partial charge in [0.05, 0.1) is 34.7 Å². The number of para-hydroxylation sites is 1. The van der Waals surface area contributed by atoms with E-state index in [1.54, 1.807) is 4.57 Å². The number of carbonyl (C=O) groups excluding carboxylic acids is 2. The second-order valence-electron chi connectivity index (χ2n) is 6.68. The molecule has 8 heteroatoms. The molecule has 0 aliphatic carbocycles. The zero-order chi connectivity index (χ0) is 19.4. The number of amides is 1. The predicted octanol–water partition coefficient (Wildman–Crippen LogP) is 1.74. The number of fused-ring (bicyclic) bond motifs is 5. The highest BCUT2D eigenvalue weighted by atomic mass is 16.6. The summed E-state index contributed by atoms with van der Waals surface area (Å²) in [6, 6.07) is 9.64. The highest BCUT2D eigenvalue weighted by Gasteiger charge is 2.39. The number of esters is 1. The summed E-state index contributed by atoms with van der Waals surface area (Å²) in [6.45, 7) is 0.167. The number of benzene rings is 1. The van der Waals surface area contributed by atoms with E-state index in [4.69, 9.17) is 14.5 Å². The van der Waals surface area contributed by atoms with E-state index in [0.29, 0.717) is 41.2 Å². The van der Waals surface area contributed by atoms with Gasteiger partial charge in [0.25, 0.3) is 5.56 Å². The van der Waals surface area contributed by atoms with Crippen LogP contribution >= 0.6 is 0 Å². The monoisotopic (exact) mass is 377 g/mol. The number of rotatable bonds is 3. The van der Waals surface area contributed by atoms with Crippen LogP contribution in [0.3, 0.4) is 0 Å². The van der Waals surface area contributed by atoms with Crippen LogP contribution in [0.2, 0.25) is 0 Å². The third-order valence-electron chi connectivity index (χ3n) is 5.23. The second-order valence-corrected chi connectivity index (χ2v) is 6.68. The van der Waals surface area contributed by atoms with Crippen LogP contribution in [0.25, 0.3) is 22.3 Å². The summed E-state index contributed by atoms with van der Waals surface area (Å²) in [7, 11) is 1.36. The normalized spacial score (nSPS) is 16.9. The number of ether oxygens (including phenoxy) is 2. The number of aromatic nitrogens is 2. The van der Waals surface area contributed by atoms with Crippen molar-refractivity contribution in [2.45, 2.75) is 19.3 Å². The number of methoxy groups -OCH3 is 1. The minimum Gasteiger partial charge on any atom is -0.458 e. The molecule has 1 N–H and O–H groups in total. The molecule has 4 heterocycles. The number of pyridine rings is 2.